The molecule has 0 heterocycles. The summed E-state index contributed by atoms with van der Waals surface area (Å²) in [4.78, 5) is 12.6. The number of nitrogens with one attached hydrogen (secondary N) is 1. The molecule has 0 aliphatic rings. The highest BCUT2D eigenvalue weighted by atomic mass is 16.1. The van der Waals surface area contributed by atoms with E-state index in [0.717, 1.165) is 19.3 Å². The topological polar surface area (TPSA) is 29.1 Å². The van der Waals surface area contributed by atoms with Gasteiger partial charge in [-0.1, -0.05) is 74.5 Å². The summed E-state index contributed by atoms with van der Waals surface area (Å²) in [5.41, 5.74) is 2.51. The van der Waals surface area contributed by atoms with E-state index < -0.39 is 0 Å². The molecular weight excluding hydrogens is 282 g/mol. The van der Waals surface area contributed by atoms with Gasteiger partial charge in [0.05, 0.1) is 6.04 Å². The summed E-state index contributed by atoms with van der Waals surface area (Å²) in [6.07, 6.45) is 3.27. The van der Waals surface area contributed by atoms with Gasteiger partial charge in [0.25, 0.3) is 0 Å². The summed E-state index contributed by atoms with van der Waals surface area (Å²) in [7, 11) is 0. The van der Waals surface area contributed by atoms with E-state index >= 15 is 0 Å². The number of hydrogen-bond donors (Lipinski definition) is 1. The van der Waals surface area contributed by atoms with Gasteiger partial charge in [-0.2, -0.15) is 0 Å². The molecule has 1 atom stereocenters. The third kappa shape index (κ3) is 6.37. The summed E-state index contributed by atoms with van der Waals surface area (Å²) in [5, 5.41) is 3.43. The van der Waals surface area contributed by atoms with Gasteiger partial charge >= 0.3 is 0 Å². The molecule has 0 aliphatic carbocycles. The Morgan fingerprint density at radius 3 is 2.04 bits per heavy atom. The van der Waals surface area contributed by atoms with E-state index in [4.69, 9.17) is 0 Å². The lowest BCUT2D eigenvalue weighted by Crippen LogP contribution is -2.42. The lowest BCUT2D eigenvalue weighted by atomic mass is 9.97. The van der Waals surface area contributed by atoms with Crippen molar-refractivity contribution in [3.8, 4) is 0 Å². The minimum absolute atomic E-state index is 0.0897. The Labute approximate surface area is 139 Å². The minimum Gasteiger partial charge on any atom is -0.305 e. The molecule has 23 heavy (non-hydrogen) atoms. The third-order valence-corrected chi connectivity index (χ3v) is 3.94. The van der Waals surface area contributed by atoms with Crippen molar-refractivity contribution >= 4 is 5.78 Å². The molecule has 0 saturated carbocycles. The molecule has 2 aromatic carbocycles. The average molecular weight is 309 g/mol. The first-order chi connectivity index (χ1) is 11.1. The molecule has 2 nitrogen and oxygen atoms in total. The second-order valence-electron chi connectivity index (χ2n) is 6.37. The van der Waals surface area contributed by atoms with E-state index in [1.807, 2.05) is 24.3 Å². The number of carbonyl (C=O) groups excluding carboxylic acids is 1. The summed E-state index contributed by atoms with van der Waals surface area (Å²) < 4.78 is 0. The number of Topliss-reactive ketones (excluding diaryl/α,β-unsaturated/α-hetero) is 1. The standard InChI is InChI=1S/C21H27NO/c1-17(2)22-20(16-19-12-7-4-8-13-19)21(23)15-9-14-18-10-5-3-6-11-18/h3-8,10-13,17,20,22H,9,14-16H2,1-2H3/t20-/m0/s1. The van der Waals surface area contributed by atoms with E-state index in [9.17, 15) is 4.79 Å². The van der Waals surface area contributed by atoms with Crippen LogP contribution in [0.5, 0.6) is 0 Å². The molecule has 0 radical (unpaired) electrons. The van der Waals surface area contributed by atoms with Crippen LogP contribution in [0.2, 0.25) is 0 Å². The van der Waals surface area contributed by atoms with Crippen LogP contribution in [-0.2, 0) is 17.6 Å². The maximum Gasteiger partial charge on any atom is 0.150 e. The van der Waals surface area contributed by atoms with Crippen LogP contribution >= 0.6 is 0 Å². The van der Waals surface area contributed by atoms with Gasteiger partial charge in [-0.3, -0.25) is 4.79 Å². The Morgan fingerprint density at radius 2 is 1.48 bits per heavy atom. The fraction of sp³-hybridized carbons (Fsp3) is 0.381. The number of rotatable bonds is 9. The Bertz CT molecular complexity index is 577. The van der Waals surface area contributed by atoms with Crippen LogP contribution in [0.15, 0.2) is 60.7 Å². The van der Waals surface area contributed by atoms with E-state index in [1.54, 1.807) is 0 Å². The van der Waals surface area contributed by atoms with Crippen LogP contribution in [0.4, 0.5) is 0 Å². The van der Waals surface area contributed by atoms with Crippen LogP contribution in [-0.4, -0.2) is 17.9 Å². The molecular formula is C21H27NO. The van der Waals surface area contributed by atoms with Gasteiger partial charge < -0.3 is 5.32 Å². The molecule has 1 N–H and O–H groups in total. The molecule has 2 aromatic rings. The van der Waals surface area contributed by atoms with Gasteiger partial charge in [0.2, 0.25) is 0 Å². The molecule has 2 heteroatoms. The van der Waals surface area contributed by atoms with E-state index in [2.05, 4.69) is 55.6 Å². The summed E-state index contributed by atoms with van der Waals surface area (Å²) in [6.45, 7) is 4.19. The van der Waals surface area contributed by atoms with E-state index in [1.165, 1.54) is 11.1 Å². The van der Waals surface area contributed by atoms with Crippen molar-refractivity contribution < 1.29 is 4.79 Å². The predicted molar refractivity (Wildman–Crippen MR) is 96.6 cm³/mol. The number of carbonyl (C=O) groups is 1. The average Bonchev–Trinajstić information content (AvgIpc) is 2.56. The summed E-state index contributed by atoms with van der Waals surface area (Å²) >= 11 is 0. The van der Waals surface area contributed by atoms with Gasteiger partial charge in [-0.05, 0) is 30.4 Å². The predicted octanol–water partition coefficient (Wildman–Crippen LogP) is 4.19. The fourth-order valence-electron chi connectivity index (χ4n) is 2.80. The zero-order valence-corrected chi connectivity index (χ0v) is 14.2. The Kier molecular flexibility index (Phi) is 7.02. The first kappa shape index (κ1) is 17.4. The lowest BCUT2D eigenvalue weighted by molar-refractivity contribution is -0.121. The second-order valence-corrected chi connectivity index (χ2v) is 6.37. The van der Waals surface area contributed by atoms with Crippen molar-refractivity contribution in [1.29, 1.82) is 0 Å². The maximum atomic E-state index is 12.6. The molecule has 0 spiro atoms. The van der Waals surface area contributed by atoms with E-state index in [0.29, 0.717) is 18.2 Å². The molecule has 0 amide bonds. The Morgan fingerprint density at radius 1 is 0.913 bits per heavy atom. The largest absolute Gasteiger partial charge is 0.305 e. The fourth-order valence-corrected chi connectivity index (χ4v) is 2.80. The summed E-state index contributed by atoms with van der Waals surface area (Å²) in [6, 6.07) is 20.8. The lowest BCUT2D eigenvalue weighted by Gasteiger charge is -2.20. The van der Waals surface area contributed by atoms with Crippen molar-refractivity contribution in [3.63, 3.8) is 0 Å². The highest BCUT2D eigenvalue weighted by Gasteiger charge is 2.19. The quantitative estimate of drug-likeness (QED) is 0.752. The SMILES string of the molecule is CC(C)N[C@@H](Cc1ccccc1)C(=O)CCCc1ccccc1. The first-order valence-corrected chi connectivity index (χ1v) is 8.52. The van der Waals surface area contributed by atoms with E-state index in [-0.39, 0.29) is 6.04 Å². The van der Waals surface area contributed by atoms with Crippen molar-refractivity contribution in [1.82, 2.24) is 5.32 Å². The molecule has 0 unspecified atom stereocenters. The highest BCUT2D eigenvalue weighted by Crippen LogP contribution is 2.10. The number of benzene rings is 2. The molecule has 0 fully saturated rings. The van der Waals surface area contributed by atoms with Gasteiger partial charge in [0, 0.05) is 12.5 Å². The minimum atomic E-state index is -0.0897. The van der Waals surface area contributed by atoms with Gasteiger partial charge in [-0.15, -0.1) is 0 Å². The van der Waals surface area contributed by atoms with Crippen molar-refractivity contribution in [2.45, 2.75) is 51.6 Å². The maximum absolute atomic E-state index is 12.6. The molecule has 0 aliphatic heterocycles. The number of ketones is 1. The van der Waals surface area contributed by atoms with Gasteiger partial charge in [0.1, 0.15) is 5.78 Å². The van der Waals surface area contributed by atoms with Gasteiger partial charge in [-0.25, -0.2) is 0 Å². The number of aryl methyl sites for hydroxylation is 1. The second kappa shape index (κ2) is 9.26. The molecule has 0 saturated heterocycles. The van der Waals surface area contributed by atoms with Crippen molar-refractivity contribution in [3.05, 3.63) is 71.8 Å². The van der Waals surface area contributed by atoms with Crippen LogP contribution in [0.25, 0.3) is 0 Å². The summed E-state index contributed by atoms with van der Waals surface area (Å²) in [5.74, 6) is 0.318. The Hall–Kier alpha value is -1.93. The monoisotopic (exact) mass is 309 g/mol. The molecule has 0 aromatic heterocycles. The highest BCUT2D eigenvalue weighted by molar-refractivity contribution is 5.84. The molecule has 0 bridgehead atoms. The Balaban J connectivity index is 1.88. The molecule has 122 valence electrons. The molecule has 2 rings (SSSR count). The van der Waals surface area contributed by atoms with Crippen molar-refractivity contribution in [2.24, 2.45) is 0 Å². The van der Waals surface area contributed by atoms with Crippen molar-refractivity contribution in [2.75, 3.05) is 0 Å². The third-order valence-electron chi connectivity index (χ3n) is 3.94. The van der Waals surface area contributed by atoms with Gasteiger partial charge in [0.15, 0.2) is 0 Å². The first-order valence-electron chi connectivity index (χ1n) is 8.52. The van der Waals surface area contributed by atoms with Crippen LogP contribution in [0.1, 0.15) is 37.8 Å². The van der Waals surface area contributed by atoms with Crippen LogP contribution < -0.4 is 5.32 Å². The zero-order valence-electron chi connectivity index (χ0n) is 14.2. The number of hydrogen-bond acceptors (Lipinski definition) is 2. The smallest absolute Gasteiger partial charge is 0.150 e. The van der Waals surface area contributed by atoms with Crippen LogP contribution in [0.3, 0.4) is 0 Å². The van der Waals surface area contributed by atoms with Crippen LogP contribution in [0, 0.1) is 0 Å². The zero-order chi connectivity index (χ0) is 16.5. The normalized spacial score (nSPS) is 12.3.